The summed E-state index contributed by atoms with van der Waals surface area (Å²) in [6, 6.07) is 1.16. The monoisotopic (exact) mass is 433 g/mol. The van der Waals surface area contributed by atoms with Crippen LogP contribution in [-0.2, 0) is 9.53 Å². The number of aliphatic hydroxyl groups is 2. The molecule has 2 N–H and O–H groups in total. The number of aromatic nitrogens is 1. The number of likely N-dealkylation sites (N-methyl/N-ethyl adjacent to an activating group) is 1. The molecule has 2 heterocycles. The predicted molar refractivity (Wildman–Crippen MR) is 113 cm³/mol. The van der Waals surface area contributed by atoms with Crippen molar-refractivity contribution in [1.82, 2.24) is 14.8 Å². The highest BCUT2D eigenvalue weighted by atomic mass is 16.5. The number of methoxy groups -OCH3 is 1. The Morgan fingerprint density at radius 3 is 2.81 bits per heavy atom. The van der Waals surface area contributed by atoms with E-state index in [1.165, 1.54) is 18.2 Å². The van der Waals surface area contributed by atoms with Crippen molar-refractivity contribution >= 4 is 11.8 Å². The van der Waals surface area contributed by atoms with E-state index in [1.54, 1.807) is 31.9 Å². The SMILES string of the molecule is COCC(=O)N(C)C[C@@H]1Oc2ncc(C#C[C@H](C)O)cc2C(=O)N([C@H](C)CO)C[C@H]1C. The number of carbonyl (C=O) groups excluding carboxylic acids is 2. The first-order valence-corrected chi connectivity index (χ1v) is 10.2. The van der Waals surface area contributed by atoms with E-state index in [2.05, 4.69) is 16.8 Å². The van der Waals surface area contributed by atoms with Gasteiger partial charge in [-0.1, -0.05) is 18.8 Å². The molecule has 0 radical (unpaired) electrons. The van der Waals surface area contributed by atoms with Crippen molar-refractivity contribution < 1.29 is 29.3 Å². The van der Waals surface area contributed by atoms with Crippen molar-refractivity contribution in [3.8, 4) is 17.7 Å². The summed E-state index contributed by atoms with van der Waals surface area (Å²) >= 11 is 0. The second-order valence-electron chi connectivity index (χ2n) is 7.85. The summed E-state index contributed by atoms with van der Waals surface area (Å²) in [7, 11) is 3.12. The number of rotatable bonds is 6. The molecular formula is C22H31N3O6. The highest BCUT2D eigenvalue weighted by Gasteiger charge is 2.34. The number of hydrogen-bond donors (Lipinski definition) is 2. The second-order valence-corrected chi connectivity index (χ2v) is 7.85. The van der Waals surface area contributed by atoms with E-state index in [4.69, 9.17) is 9.47 Å². The van der Waals surface area contributed by atoms with Gasteiger partial charge in [0.15, 0.2) is 0 Å². The predicted octanol–water partition coefficient (Wildman–Crippen LogP) is 0.139. The molecule has 0 saturated carbocycles. The van der Waals surface area contributed by atoms with Crippen molar-refractivity contribution in [1.29, 1.82) is 0 Å². The average molecular weight is 434 g/mol. The van der Waals surface area contributed by atoms with Crippen LogP contribution >= 0.6 is 0 Å². The van der Waals surface area contributed by atoms with Crippen LogP contribution in [-0.4, -0.2) is 95.5 Å². The number of carbonyl (C=O) groups is 2. The molecule has 1 aliphatic rings. The van der Waals surface area contributed by atoms with Gasteiger partial charge in [-0.3, -0.25) is 9.59 Å². The first kappa shape index (κ1) is 24.6. The van der Waals surface area contributed by atoms with Gasteiger partial charge in [-0.05, 0) is 19.9 Å². The lowest BCUT2D eigenvalue weighted by atomic mass is 10.00. The summed E-state index contributed by atoms with van der Waals surface area (Å²) in [4.78, 5) is 32.8. The zero-order valence-electron chi connectivity index (χ0n) is 18.7. The lowest BCUT2D eigenvalue weighted by Crippen LogP contribution is -2.50. The maximum absolute atomic E-state index is 13.3. The van der Waals surface area contributed by atoms with Crippen molar-refractivity contribution in [3.63, 3.8) is 0 Å². The molecule has 0 saturated heterocycles. The van der Waals surface area contributed by atoms with Crippen LogP contribution in [0, 0.1) is 17.8 Å². The van der Waals surface area contributed by atoms with E-state index in [1.807, 2.05) is 6.92 Å². The molecular weight excluding hydrogens is 402 g/mol. The first-order chi connectivity index (χ1) is 14.7. The van der Waals surface area contributed by atoms with Gasteiger partial charge in [0.05, 0.1) is 19.2 Å². The second kappa shape index (κ2) is 11.1. The van der Waals surface area contributed by atoms with Crippen LogP contribution in [0.3, 0.4) is 0 Å². The Labute approximate surface area is 183 Å². The molecule has 4 atom stereocenters. The summed E-state index contributed by atoms with van der Waals surface area (Å²) in [5.41, 5.74) is 0.686. The van der Waals surface area contributed by atoms with Crippen LogP contribution < -0.4 is 4.74 Å². The Bertz CT molecular complexity index is 847. The molecule has 2 rings (SSSR count). The number of amides is 2. The third-order valence-electron chi connectivity index (χ3n) is 5.09. The number of aliphatic hydroxyl groups excluding tert-OH is 2. The third-order valence-corrected chi connectivity index (χ3v) is 5.09. The molecule has 0 aliphatic carbocycles. The lowest BCUT2D eigenvalue weighted by molar-refractivity contribution is -0.135. The summed E-state index contributed by atoms with van der Waals surface area (Å²) in [6.45, 7) is 5.62. The summed E-state index contributed by atoms with van der Waals surface area (Å²) in [5, 5.41) is 19.1. The fourth-order valence-corrected chi connectivity index (χ4v) is 3.18. The molecule has 0 aromatic carbocycles. The van der Waals surface area contributed by atoms with Crippen LogP contribution in [0.15, 0.2) is 12.3 Å². The molecule has 9 heteroatoms. The van der Waals surface area contributed by atoms with Crippen molar-refractivity contribution in [2.24, 2.45) is 5.92 Å². The van der Waals surface area contributed by atoms with E-state index in [-0.39, 0.29) is 48.9 Å². The summed E-state index contributed by atoms with van der Waals surface area (Å²) in [5.74, 6) is 4.91. The topological polar surface area (TPSA) is 112 Å². The van der Waals surface area contributed by atoms with Crippen LogP contribution in [0.5, 0.6) is 5.88 Å². The molecule has 0 fully saturated rings. The number of hydrogen-bond acceptors (Lipinski definition) is 7. The highest BCUT2D eigenvalue weighted by molar-refractivity contribution is 5.97. The standard InChI is InChI=1S/C22H31N3O6/c1-14-10-25(15(2)12-26)22(29)18-8-17(7-6-16(3)27)9-23-21(18)31-19(14)11-24(4)20(28)13-30-5/h8-9,14-16,19,26-27H,10-13H2,1-5H3/t14-,15-,16+,19+/m1/s1. The van der Waals surface area contributed by atoms with Gasteiger partial charge in [-0.15, -0.1) is 0 Å². The summed E-state index contributed by atoms with van der Waals surface area (Å²) < 4.78 is 11.0. The fraction of sp³-hybridized carbons (Fsp3) is 0.591. The van der Waals surface area contributed by atoms with E-state index in [9.17, 15) is 19.8 Å². The number of fused-ring (bicyclic) bond motifs is 1. The first-order valence-electron chi connectivity index (χ1n) is 10.2. The largest absolute Gasteiger partial charge is 0.472 e. The van der Waals surface area contributed by atoms with Crippen LogP contribution in [0.2, 0.25) is 0 Å². The molecule has 0 bridgehead atoms. The Morgan fingerprint density at radius 2 is 2.19 bits per heavy atom. The Kier molecular flexibility index (Phi) is 8.80. The molecule has 1 aliphatic heterocycles. The van der Waals surface area contributed by atoms with E-state index in [0.29, 0.717) is 12.1 Å². The molecule has 0 unspecified atom stereocenters. The molecule has 170 valence electrons. The molecule has 0 spiro atoms. The number of ether oxygens (including phenoxy) is 2. The van der Waals surface area contributed by atoms with Gasteiger partial charge in [-0.2, -0.15) is 0 Å². The molecule has 1 aromatic heterocycles. The smallest absolute Gasteiger partial charge is 0.259 e. The fourth-order valence-electron chi connectivity index (χ4n) is 3.18. The minimum absolute atomic E-state index is 0.0378. The average Bonchev–Trinajstić information content (AvgIpc) is 2.74. The molecule has 9 nitrogen and oxygen atoms in total. The van der Waals surface area contributed by atoms with Gasteiger partial charge in [-0.25, -0.2) is 4.98 Å². The zero-order valence-corrected chi connectivity index (χ0v) is 18.7. The Balaban J connectivity index is 2.44. The van der Waals surface area contributed by atoms with Crippen LogP contribution in [0.1, 0.15) is 36.7 Å². The van der Waals surface area contributed by atoms with Crippen LogP contribution in [0.25, 0.3) is 0 Å². The molecule has 2 amide bonds. The van der Waals surface area contributed by atoms with Gasteiger partial charge >= 0.3 is 0 Å². The minimum Gasteiger partial charge on any atom is -0.472 e. The Hall–Kier alpha value is -2.67. The van der Waals surface area contributed by atoms with Gasteiger partial charge in [0.25, 0.3) is 5.91 Å². The quantitative estimate of drug-likeness (QED) is 0.614. The van der Waals surface area contributed by atoms with Gasteiger partial charge in [0.2, 0.25) is 11.8 Å². The maximum Gasteiger partial charge on any atom is 0.259 e. The third kappa shape index (κ3) is 6.40. The van der Waals surface area contributed by atoms with Gasteiger partial charge in [0, 0.05) is 38.4 Å². The van der Waals surface area contributed by atoms with E-state index >= 15 is 0 Å². The number of nitrogens with zero attached hydrogens (tertiary/aromatic N) is 3. The Morgan fingerprint density at radius 1 is 1.48 bits per heavy atom. The molecule has 31 heavy (non-hydrogen) atoms. The normalized spacial score (nSPS) is 20.4. The van der Waals surface area contributed by atoms with Crippen molar-refractivity contribution in [2.75, 3.05) is 40.5 Å². The van der Waals surface area contributed by atoms with Crippen molar-refractivity contribution in [3.05, 3.63) is 23.4 Å². The highest BCUT2D eigenvalue weighted by Crippen LogP contribution is 2.27. The number of pyridine rings is 1. The maximum atomic E-state index is 13.3. The van der Waals surface area contributed by atoms with Crippen molar-refractivity contribution in [2.45, 2.75) is 39.0 Å². The molecule has 1 aromatic rings. The van der Waals surface area contributed by atoms with Gasteiger partial charge in [0.1, 0.15) is 24.4 Å². The van der Waals surface area contributed by atoms with E-state index in [0.717, 1.165) is 0 Å². The van der Waals surface area contributed by atoms with Crippen LogP contribution in [0.4, 0.5) is 0 Å². The van der Waals surface area contributed by atoms with E-state index < -0.39 is 18.2 Å². The summed E-state index contributed by atoms with van der Waals surface area (Å²) in [6.07, 6.45) is 0.225. The van der Waals surface area contributed by atoms with Gasteiger partial charge < -0.3 is 29.5 Å². The lowest BCUT2D eigenvalue weighted by Gasteiger charge is -2.37. The minimum atomic E-state index is -0.815. The zero-order chi connectivity index (χ0) is 23.1.